The molecule has 0 bridgehead atoms. The van der Waals surface area contributed by atoms with Gasteiger partial charge in [-0.05, 0) is 69.8 Å². The predicted molar refractivity (Wildman–Crippen MR) is 202 cm³/mol. The topological polar surface area (TPSA) is 334 Å². The molecule has 12 N–H and O–H groups in total. The zero-order valence-corrected chi connectivity index (χ0v) is 31.7. The van der Waals surface area contributed by atoms with Gasteiger partial charge in [-0.3, -0.25) is 28.8 Å². The van der Waals surface area contributed by atoms with Crippen LogP contribution in [0.2, 0.25) is 0 Å². The first-order chi connectivity index (χ1) is 26.9. The Labute approximate surface area is 328 Å². The minimum Gasteiger partial charge on any atom is -0.508 e. The smallest absolute Gasteiger partial charge is 0.326 e. The standard InChI is InChI=1S/C36H51N9O12/c1-20(40-34(52)28(44-45(56)57)18-24-12-14-25(47)15-13-24)31(49)39-21(2)32(50)43-30(22(3)46)35(53)38-19-29(48)41-27(17-23-9-5-4-6-10-23)33(51)42-26(36(54)55)11-7-8-16-37/h4-6,9-10,12-15,20-22,26-28,30,44,46-47H,7-8,11,16-19,37H2,1-3H3,(H,38,53)(H,39,49)(H,40,52)(H,41,48)(H,42,51)(H,43,50)(H,54,55)/t20-,21-,22+,26-,27-,28-,30-/m0/s1. The Hall–Kier alpha value is -6.35. The molecule has 2 aromatic carbocycles. The van der Waals surface area contributed by atoms with Crippen molar-refractivity contribution in [3.63, 3.8) is 0 Å². The number of carboxylic acids is 1. The van der Waals surface area contributed by atoms with E-state index < -0.39 is 95.3 Å². The number of hydrogen-bond donors (Lipinski definition) is 11. The van der Waals surface area contributed by atoms with Crippen molar-refractivity contribution in [2.24, 2.45) is 5.73 Å². The van der Waals surface area contributed by atoms with Gasteiger partial charge in [-0.15, -0.1) is 5.43 Å². The van der Waals surface area contributed by atoms with Gasteiger partial charge < -0.3 is 53.0 Å². The molecule has 0 unspecified atom stereocenters. The van der Waals surface area contributed by atoms with Gasteiger partial charge in [0.25, 0.3) is 0 Å². The van der Waals surface area contributed by atoms with Gasteiger partial charge in [0.1, 0.15) is 36.0 Å². The van der Waals surface area contributed by atoms with Crippen LogP contribution in [0.15, 0.2) is 54.6 Å². The zero-order valence-electron chi connectivity index (χ0n) is 31.7. The van der Waals surface area contributed by atoms with Crippen molar-refractivity contribution >= 4 is 41.4 Å². The number of carbonyl (C=O) groups is 7. The van der Waals surface area contributed by atoms with E-state index in [4.69, 9.17) is 5.73 Å². The molecule has 312 valence electrons. The highest BCUT2D eigenvalue weighted by atomic mass is 16.7. The second-order valence-corrected chi connectivity index (χ2v) is 13.2. The average molecular weight is 802 g/mol. The fraction of sp³-hybridized carbons (Fsp3) is 0.472. The molecular formula is C36H51N9O12. The van der Waals surface area contributed by atoms with Crippen LogP contribution in [0.4, 0.5) is 0 Å². The molecular weight excluding hydrogens is 750 g/mol. The molecule has 6 amide bonds. The van der Waals surface area contributed by atoms with Crippen molar-refractivity contribution < 1.29 is 53.9 Å². The minimum absolute atomic E-state index is 0.0179. The normalized spacial score (nSPS) is 14.5. The monoisotopic (exact) mass is 801 g/mol. The summed E-state index contributed by atoms with van der Waals surface area (Å²) < 4.78 is 0. The second-order valence-electron chi connectivity index (χ2n) is 13.2. The second kappa shape index (κ2) is 23.5. The maximum absolute atomic E-state index is 13.2. The highest BCUT2D eigenvalue weighted by Crippen LogP contribution is 2.12. The molecule has 0 saturated heterocycles. The number of phenols is 1. The Bertz CT molecular complexity index is 1700. The lowest BCUT2D eigenvalue weighted by Gasteiger charge is -2.24. The lowest BCUT2D eigenvalue weighted by molar-refractivity contribution is -0.548. The average Bonchev–Trinajstić information content (AvgIpc) is 3.15. The first-order valence-electron chi connectivity index (χ1n) is 18.0. The van der Waals surface area contributed by atoms with Gasteiger partial charge in [-0.25, -0.2) is 14.9 Å². The summed E-state index contributed by atoms with van der Waals surface area (Å²) in [6.45, 7) is 3.33. The fourth-order valence-electron chi connectivity index (χ4n) is 5.26. The number of hydrogen-bond acceptors (Lipinski definition) is 12. The Morgan fingerprint density at radius 1 is 0.702 bits per heavy atom. The molecule has 2 aromatic rings. The van der Waals surface area contributed by atoms with Crippen LogP contribution in [0.3, 0.4) is 0 Å². The molecule has 0 heterocycles. The Balaban J connectivity index is 2.00. The third-order valence-corrected chi connectivity index (χ3v) is 8.44. The number of aliphatic carboxylic acids is 1. The van der Waals surface area contributed by atoms with Crippen LogP contribution in [0.1, 0.15) is 51.2 Å². The molecule has 0 aliphatic carbocycles. The number of nitro groups is 1. The van der Waals surface area contributed by atoms with Crippen LogP contribution >= 0.6 is 0 Å². The molecule has 0 fully saturated rings. The fourth-order valence-corrected chi connectivity index (χ4v) is 5.26. The number of nitrogens with zero attached hydrogens (tertiary/aromatic N) is 1. The molecule has 0 aromatic heterocycles. The summed E-state index contributed by atoms with van der Waals surface area (Å²) >= 11 is 0. The molecule has 0 saturated carbocycles. The molecule has 0 aliphatic heterocycles. The SMILES string of the molecule is C[C@H](NC(=O)[C@H](C)NC(=O)[C@H](Cc1ccc(O)cc1)N[N+](=O)[O-])C(=O)N[C@H](C(=O)NCC(=O)N[C@@H](Cc1ccccc1)C(=O)N[C@@H](CCCCN)C(=O)O)[C@@H](C)O. The minimum atomic E-state index is -1.62. The summed E-state index contributed by atoms with van der Waals surface area (Å²) in [4.78, 5) is 101. The van der Waals surface area contributed by atoms with E-state index in [-0.39, 0.29) is 25.0 Å². The summed E-state index contributed by atoms with van der Waals surface area (Å²) in [6.07, 6.45) is -0.593. The Kier molecular flexibility index (Phi) is 19.3. The van der Waals surface area contributed by atoms with Crippen molar-refractivity contribution in [1.29, 1.82) is 0 Å². The first kappa shape index (κ1) is 46.8. The number of rotatable bonds is 24. The quantitative estimate of drug-likeness (QED) is 0.0297. The van der Waals surface area contributed by atoms with Gasteiger partial charge in [-0.1, -0.05) is 42.5 Å². The maximum Gasteiger partial charge on any atom is 0.326 e. The summed E-state index contributed by atoms with van der Waals surface area (Å²) in [7, 11) is 0. The number of unbranched alkanes of at least 4 members (excludes halogenated alkanes) is 1. The predicted octanol–water partition coefficient (Wildman–Crippen LogP) is -2.50. The molecule has 2 rings (SSSR count). The van der Waals surface area contributed by atoms with E-state index in [0.717, 1.165) is 0 Å². The van der Waals surface area contributed by atoms with E-state index in [2.05, 4.69) is 31.9 Å². The zero-order chi connectivity index (χ0) is 42.7. The number of aliphatic hydroxyl groups excluding tert-OH is 1. The van der Waals surface area contributed by atoms with Gasteiger partial charge in [0.05, 0.1) is 12.6 Å². The van der Waals surface area contributed by atoms with Crippen molar-refractivity contribution in [2.45, 2.75) is 95.2 Å². The van der Waals surface area contributed by atoms with Crippen molar-refractivity contribution in [2.75, 3.05) is 13.1 Å². The van der Waals surface area contributed by atoms with Crippen LogP contribution in [-0.4, -0.2) is 117 Å². The van der Waals surface area contributed by atoms with Crippen LogP contribution in [-0.2, 0) is 46.4 Å². The summed E-state index contributed by atoms with van der Waals surface area (Å²) in [5.41, 5.74) is 8.48. The number of aromatic hydroxyl groups is 1. The van der Waals surface area contributed by atoms with Crippen molar-refractivity contribution in [1.82, 2.24) is 37.3 Å². The van der Waals surface area contributed by atoms with Gasteiger partial charge in [0.15, 0.2) is 11.1 Å². The molecule has 21 nitrogen and oxygen atoms in total. The number of carbonyl (C=O) groups excluding carboxylic acids is 6. The molecule has 7 atom stereocenters. The Morgan fingerprint density at radius 3 is 1.81 bits per heavy atom. The highest BCUT2D eigenvalue weighted by Gasteiger charge is 2.32. The number of benzene rings is 2. The van der Waals surface area contributed by atoms with E-state index >= 15 is 0 Å². The number of phenolic OH excluding ortho intramolecular Hbond substituents is 1. The van der Waals surface area contributed by atoms with E-state index in [1.807, 2.05) is 5.43 Å². The third kappa shape index (κ3) is 16.9. The number of nitrogens with one attached hydrogen (secondary N) is 7. The summed E-state index contributed by atoms with van der Waals surface area (Å²) in [6, 6.07) is 6.02. The molecule has 57 heavy (non-hydrogen) atoms. The van der Waals surface area contributed by atoms with Gasteiger partial charge in [0.2, 0.25) is 35.4 Å². The number of nitrogens with two attached hydrogens (primary N) is 1. The highest BCUT2D eigenvalue weighted by molar-refractivity contribution is 5.96. The molecule has 0 aliphatic rings. The van der Waals surface area contributed by atoms with Gasteiger partial charge in [-0.2, -0.15) is 0 Å². The molecule has 0 spiro atoms. The van der Waals surface area contributed by atoms with Gasteiger partial charge in [0, 0.05) is 12.8 Å². The Morgan fingerprint density at radius 2 is 1.25 bits per heavy atom. The van der Waals surface area contributed by atoms with Crippen molar-refractivity contribution in [3.05, 3.63) is 75.8 Å². The van der Waals surface area contributed by atoms with E-state index in [1.165, 1.54) is 45.0 Å². The number of hydrazine groups is 1. The van der Waals surface area contributed by atoms with Crippen LogP contribution in [0, 0.1) is 10.1 Å². The lowest BCUT2D eigenvalue weighted by Crippen LogP contribution is -2.59. The third-order valence-electron chi connectivity index (χ3n) is 8.44. The number of carboxylic acid groups (broad SMARTS) is 1. The largest absolute Gasteiger partial charge is 0.508 e. The number of aliphatic hydroxyl groups is 1. The summed E-state index contributed by atoms with van der Waals surface area (Å²) in [5, 5.41) is 53.7. The van der Waals surface area contributed by atoms with Crippen molar-refractivity contribution in [3.8, 4) is 5.75 Å². The van der Waals surface area contributed by atoms with Crippen LogP contribution in [0.25, 0.3) is 0 Å². The van der Waals surface area contributed by atoms with E-state index in [0.29, 0.717) is 30.5 Å². The number of amides is 6. The van der Waals surface area contributed by atoms with Crippen LogP contribution in [0.5, 0.6) is 5.75 Å². The van der Waals surface area contributed by atoms with Gasteiger partial charge >= 0.3 is 5.97 Å². The van der Waals surface area contributed by atoms with Crippen LogP contribution < -0.4 is 43.1 Å². The van der Waals surface area contributed by atoms with E-state index in [9.17, 15) is 59.0 Å². The molecule has 21 heteroatoms. The van der Waals surface area contributed by atoms with E-state index in [1.54, 1.807) is 30.3 Å². The first-order valence-corrected chi connectivity index (χ1v) is 18.0. The summed E-state index contributed by atoms with van der Waals surface area (Å²) in [5.74, 6) is -6.66. The lowest BCUT2D eigenvalue weighted by atomic mass is 10.0. The maximum atomic E-state index is 13.2. The molecule has 0 radical (unpaired) electrons.